The number of nitrogens with one attached hydrogen (secondary N) is 1. The first-order chi connectivity index (χ1) is 12.6. The maximum Gasteiger partial charge on any atom is 0.258 e. The Labute approximate surface area is 157 Å². The number of thiocarbonyl (C=S) groups is 1. The van der Waals surface area contributed by atoms with Crippen molar-refractivity contribution < 1.29 is 4.79 Å². The van der Waals surface area contributed by atoms with Crippen LogP contribution < -0.4 is 5.32 Å². The molecule has 0 aliphatic heterocycles. The third kappa shape index (κ3) is 2.58. The summed E-state index contributed by atoms with van der Waals surface area (Å²) in [7, 11) is 0. The minimum Gasteiger partial charge on any atom is -0.350 e. The maximum atomic E-state index is 12.9. The third-order valence-electron chi connectivity index (χ3n) is 5.04. The zero-order valence-corrected chi connectivity index (χ0v) is 15.7. The van der Waals surface area contributed by atoms with Crippen LogP contribution in [0, 0.1) is 0 Å². The van der Waals surface area contributed by atoms with Crippen LogP contribution in [0.2, 0.25) is 0 Å². The molecule has 0 bridgehead atoms. The molecule has 4 aromatic rings. The van der Waals surface area contributed by atoms with E-state index in [4.69, 9.17) is 12.2 Å². The van der Waals surface area contributed by atoms with Gasteiger partial charge in [-0.25, -0.2) is 0 Å². The van der Waals surface area contributed by atoms with E-state index in [0.29, 0.717) is 10.7 Å². The van der Waals surface area contributed by atoms with Crippen LogP contribution in [0.4, 0.5) is 0 Å². The van der Waals surface area contributed by atoms with Crippen LogP contribution in [0.25, 0.3) is 32.3 Å². The van der Waals surface area contributed by atoms with Crippen LogP contribution in [0.5, 0.6) is 0 Å². The molecule has 130 valence electrons. The fraction of sp³-hybridized carbons (Fsp3) is 0.182. The molecule has 26 heavy (non-hydrogen) atoms. The van der Waals surface area contributed by atoms with E-state index in [1.165, 1.54) is 16.2 Å². The first-order valence-corrected chi connectivity index (χ1v) is 9.31. The van der Waals surface area contributed by atoms with E-state index >= 15 is 0 Å². The highest BCUT2D eigenvalue weighted by Crippen LogP contribution is 2.35. The van der Waals surface area contributed by atoms with E-state index in [1.54, 1.807) is 0 Å². The number of carbonyl (C=O) groups is 1. The molecule has 0 atom stereocenters. The lowest BCUT2D eigenvalue weighted by atomic mass is 9.92. The predicted octanol–water partition coefficient (Wildman–Crippen LogP) is 4.94. The van der Waals surface area contributed by atoms with E-state index in [0.717, 1.165) is 29.2 Å². The fourth-order valence-electron chi connectivity index (χ4n) is 3.69. The number of benzene rings is 4. The Hall–Kier alpha value is -2.72. The summed E-state index contributed by atoms with van der Waals surface area (Å²) in [4.78, 5) is 14.9. The quantitative estimate of drug-likeness (QED) is 0.415. The van der Waals surface area contributed by atoms with Crippen LogP contribution in [-0.2, 0) is 0 Å². The average Bonchev–Trinajstić information content (AvgIpc) is 2.67. The molecule has 0 aromatic heterocycles. The molecule has 0 unspecified atom stereocenters. The average molecular weight is 360 g/mol. The Bertz CT molecular complexity index is 1120. The molecule has 0 aliphatic carbocycles. The topological polar surface area (TPSA) is 32.3 Å². The van der Waals surface area contributed by atoms with Gasteiger partial charge in [-0.2, -0.15) is 0 Å². The fourth-order valence-corrected chi connectivity index (χ4v) is 4.04. The standard InChI is InChI=1S/C22H20N2OS/c1-3-24(4-2)22(26)23-21(25)18-13-11-16-9-8-14-6-5-7-15-10-12-17(18)20(16)19(14)15/h5-13H,3-4H2,1-2H3,(H,23,25,26). The summed E-state index contributed by atoms with van der Waals surface area (Å²) < 4.78 is 0. The molecule has 1 N–H and O–H groups in total. The highest BCUT2D eigenvalue weighted by molar-refractivity contribution is 7.80. The number of amides is 1. The van der Waals surface area contributed by atoms with Crippen LogP contribution in [0.1, 0.15) is 24.2 Å². The monoisotopic (exact) mass is 360 g/mol. The lowest BCUT2D eigenvalue weighted by molar-refractivity contribution is 0.0975. The van der Waals surface area contributed by atoms with Crippen molar-refractivity contribution in [3.05, 3.63) is 60.2 Å². The lowest BCUT2D eigenvalue weighted by Crippen LogP contribution is -2.42. The highest BCUT2D eigenvalue weighted by atomic mass is 32.1. The largest absolute Gasteiger partial charge is 0.350 e. The molecule has 0 saturated carbocycles. The second-order valence-corrected chi connectivity index (χ2v) is 6.79. The Morgan fingerprint density at radius 2 is 1.46 bits per heavy atom. The molecule has 1 amide bonds. The summed E-state index contributed by atoms with van der Waals surface area (Å²) in [5, 5.41) is 10.2. The van der Waals surface area contributed by atoms with E-state index in [9.17, 15) is 4.79 Å². The van der Waals surface area contributed by atoms with E-state index < -0.39 is 0 Å². The van der Waals surface area contributed by atoms with Gasteiger partial charge in [0, 0.05) is 18.7 Å². The van der Waals surface area contributed by atoms with Crippen LogP contribution in [0.15, 0.2) is 54.6 Å². The van der Waals surface area contributed by atoms with Crippen molar-refractivity contribution >= 4 is 55.6 Å². The summed E-state index contributed by atoms with van der Waals surface area (Å²) in [6.07, 6.45) is 0. The van der Waals surface area contributed by atoms with E-state index in [1.807, 2.05) is 36.9 Å². The van der Waals surface area contributed by atoms with Gasteiger partial charge in [0.05, 0.1) is 0 Å². The zero-order valence-electron chi connectivity index (χ0n) is 14.9. The Balaban J connectivity index is 1.86. The van der Waals surface area contributed by atoms with Gasteiger partial charge >= 0.3 is 0 Å². The molecule has 4 rings (SSSR count). The van der Waals surface area contributed by atoms with Gasteiger partial charge in [0.1, 0.15) is 0 Å². The number of nitrogens with zero attached hydrogens (tertiary/aromatic N) is 1. The predicted molar refractivity (Wildman–Crippen MR) is 113 cm³/mol. The smallest absolute Gasteiger partial charge is 0.258 e. The number of hydrogen-bond donors (Lipinski definition) is 1. The molecule has 3 nitrogen and oxygen atoms in total. The molecule has 4 heteroatoms. The minimum absolute atomic E-state index is 0.153. The van der Waals surface area contributed by atoms with Crippen LogP contribution in [-0.4, -0.2) is 29.0 Å². The molecular weight excluding hydrogens is 340 g/mol. The van der Waals surface area contributed by atoms with Crippen LogP contribution in [0.3, 0.4) is 0 Å². The SMILES string of the molecule is CCN(CC)C(=S)NC(=O)c1ccc2ccc3cccc4ccc1c2c34. The molecule has 0 aliphatic rings. The molecule has 4 aromatic carbocycles. The lowest BCUT2D eigenvalue weighted by Gasteiger charge is -2.22. The van der Waals surface area contributed by atoms with Crippen molar-refractivity contribution in [1.82, 2.24) is 10.2 Å². The van der Waals surface area contributed by atoms with Gasteiger partial charge in [-0.15, -0.1) is 0 Å². The second-order valence-electron chi connectivity index (χ2n) is 6.40. The van der Waals surface area contributed by atoms with E-state index in [2.05, 4.69) is 41.7 Å². The molecule has 0 heterocycles. The maximum absolute atomic E-state index is 12.9. The molecular formula is C22H20N2OS. The van der Waals surface area contributed by atoms with Crippen LogP contribution >= 0.6 is 12.2 Å². The summed E-state index contributed by atoms with van der Waals surface area (Å²) in [6.45, 7) is 5.60. The number of hydrogen-bond acceptors (Lipinski definition) is 2. The van der Waals surface area contributed by atoms with E-state index in [-0.39, 0.29) is 5.91 Å². The summed E-state index contributed by atoms with van der Waals surface area (Å²) in [6, 6.07) is 18.6. The Morgan fingerprint density at radius 1 is 0.885 bits per heavy atom. The highest BCUT2D eigenvalue weighted by Gasteiger charge is 2.17. The minimum atomic E-state index is -0.153. The third-order valence-corrected chi connectivity index (χ3v) is 5.40. The molecule has 0 fully saturated rings. The van der Waals surface area contributed by atoms with Crippen molar-refractivity contribution in [2.75, 3.05) is 13.1 Å². The van der Waals surface area contributed by atoms with Gasteiger partial charge in [0.15, 0.2) is 5.11 Å². The van der Waals surface area contributed by atoms with Crippen molar-refractivity contribution in [1.29, 1.82) is 0 Å². The van der Waals surface area contributed by atoms with Crippen molar-refractivity contribution in [2.24, 2.45) is 0 Å². The zero-order chi connectivity index (χ0) is 18.3. The van der Waals surface area contributed by atoms with Gasteiger partial charge < -0.3 is 4.90 Å². The van der Waals surface area contributed by atoms with Crippen molar-refractivity contribution in [3.8, 4) is 0 Å². The Morgan fingerprint density at radius 3 is 2.12 bits per heavy atom. The summed E-state index contributed by atoms with van der Waals surface area (Å²) in [5.41, 5.74) is 0.658. The molecule has 0 radical (unpaired) electrons. The van der Waals surface area contributed by atoms with Crippen molar-refractivity contribution in [3.63, 3.8) is 0 Å². The molecule has 0 saturated heterocycles. The van der Waals surface area contributed by atoms with Crippen molar-refractivity contribution in [2.45, 2.75) is 13.8 Å². The number of rotatable bonds is 3. The van der Waals surface area contributed by atoms with Gasteiger partial charge in [-0.05, 0) is 64.4 Å². The summed E-state index contributed by atoms with van der Waals surface area (Å²) >= 11 is 5.39. The van der Waals surface area contributed by atoms with Gasteiger partial charge in [0.25, 0.3) is 5.91 Å². The Kier molecular flexibility index (Phi) is 4.21. The summed E-state index contributed by atoms with van der Waals surface area (Å²) in [5.74, 6) is -0.153. The molecule has 0 spiro atoms. The first kappa shape index (κ1) is 16.7. The van der Waals surface area contributed by atoms with Gasteiger partial charge in [0.2, 0.25) is 0 Å². The second kappa shape index (κ2) is 6.54. The van der Waals surface area contributed by atoms with Gasteiger partial charge in [-0.3, -0.25) is 10.1 Å². The van der Waals surface area contributed by atoms with Gasteiger partial charge in [-0.1, -0.05) is 48.5 Å². The normalized spacial score (nSPS) is 11.3. The number of carbonyl (C=O) groups excluding carboxylic acids is 1. The first-order valence-electron chi connectivity index (χ1n) is 8.90.